The molecular weight excluding hydrogens is 220 g/mol. The van der Waals surface area contributed by atoms with Crippen LogP contribution >= 0.6 is 0 Å². The van der Waals surface area contributed by atoms with E-state index in [0.29, 0.717) is 6.54 Å². The molecule has 0 aliphatic carbocycles. The number of carboxylic acids is 1. The first-order valence-corrected chi connectivity index (χ1v) is 5.08. The Morgan fingerprint density at radius 2 is 2.00 bits per heavy atom. The minimum atomic E-state index is -0.971. The van der Waals surface area contributed by atoms with Crippen molar-refractivity contribution in [3.8, 4) is 5.75 Å². The van der Waals surface area contributed by atoms with Gasteiger partial charge in [-0.3, -0.25) is 0 Å². The van der Waals surface area contributed by atoms with E-state index in [2.05, 4.69) is 10.3 Å². The van der Waals surface area contributed by atoms with Gasteiger partial charge in [-0.15, -0.1) is 0 Å². The van der Waals surface area contributed by atoms with Crippen molar-refractivity contribution < 1.29 is 15.0 Å². The molecule has 88 valence electrons. The molecule has 17 heavy (non-hydrogen) atoms. The van der Waals surface area contributed by atoms with E-state index in [4.69, 9.17) is 10.2 Å². The van der Waals surface area contributed by atoms with Gasteiger partial charge in [0, 0.05) is 18.4 Å². The SMILES string of the molecule is O=C(O)c1cc(CNc2ccc(O)cc2)c[nH]1. The molecule has 0 aliphatic heterocycles. The maximum Gasteiger partial charge on any atom is 0.352 e. The highest BCUT2D eigenvalue weighted by Gasteiger charge is 2.05. The number of benzene rings is 1. The average molecular weight is 232 g/mol. The first kappa shape index (κ1) is 11.1. The molecule has 0 saturated carbocycles. The van der Waals surface area contributed by atoms with Gasteiger partial charge in [0.05, 0.1) is 0 Å². The lowest BCUT2D eigenvalue weighted by molar-refractivity contribution is 0.0691. The topological polar surface area (TPSA) is 85.3 Å². The van der Waals surface area contributed by atoms with Crippen molar-refractivity contribution >= 4 is 11.7 Å². The third-order valence-electron chi connectivity index (χ3n) is 2.34. The van der Waals surface area contributed by atoms with Crippen molar-refractivity contribution in [3.05, 3.63) is 47.8 Å². The van der Waals surface area contributed by atoms with Gasteiger partial charge in [0.2, 0.25) is 0 Å². The van der Waals surface area contributed by atoms with Crippen LogP contribution in [0.15, 0.2) is 36.5 Å². The van der Waals surface area contributed by atoms with E-state index in [9.17, 15) is 4.79 Å². The van der Waals surface area contributed by atoms with Gasteiger partial charge in [-0.25, -0.2) is 4.79 Å². The number of nitrogens with one attached hydrogen (secondary N) is 2. The largest absolute Gasteiger partial charge is 0.508 e. The minimum Gasteiger partial charge on any atom is -0.508 e. The molecule has 4 N–H and O–H groups in total. The van der Waals surface area contributed by atoms with Crippen LogP contribution in [0.3, 0.4) is 0 Å². The van der Waals surface area contributed by atoms with Crippen LogP contribution in [0.1, 0.15) is 16.1 Å². The molecule has 0 saturated heterocycles. The summed E-state index contributed by atoms with van der Waals surface area (Å²) in [4.78, 5) is 13.3. The Bertz CT molecular complexity index is 517. The maximum atomic E-state index is 10.6. The summed E-state index contributed by atoms with van der Waals surface area (Å²) >= 11 is 0. The summed E-state index contributed by atoms with van der Waals surface area (Å²) in [5.41, 5.74) is 1.89. The van der Waals surface area contributed by atoms with Gasteiger partial charge < -0.3 is 20.5 Å². The summed E-state index contributed by atoms with van der Waals surface area (Å²) < 4.78 is 0. The number of carbonyl (C=O) groups is 1. The van der Waals surface area contributed by atoms with Gasteiger partial charge in [-0.05, 0) is 35.9 Å². The van der Waals surface area contributed by atoms with Crippen LogP contribution in [0.25, 0.3) is 0 Å². The summed E-state index contributed by atoms with van der Waals surface area (Å²) in [7, 11) is 0. The lowest BCUT2D eigenvalue weighted by atomic mass is 10.2. The lowest BCUT2D eigenvalue weighted by Crippen LogP contribution is -1.98. The molecule has 0 amide bonds. The number of rotatable bonds is 4. The van der Waals surface area contributed by atoms with E-state index in [1.165, 1.54) is 0 Å². The molecule has 5 nitrogen and oxygen atoms in total. The Morgan fingerprint density at radius 3 is 2.59 bits per heavy atom. The average Bonchev–Trinajstić information content (AvgIpc) is 2.77. The molecule has 1 heterocycles. The van der Waals surface area contributed by atoms with E-state index in [1.54, 1.807) is 36.5 Å². The Kier molecular flexibility index (Phi) is 3.00. The lowest BCUT2D eigenvalue weighted by Gasteiger charge is -2.04. The number of anilines is 1. The van der Waals surface area contributed by atoms with Gasteiger partial charge >= 0.3 is 5.97 Å². The standard InChI is InChI=1S/C12H12N2O3/c15-10-3-1-9(2-4-10)13-6-8-5-11(12(16)17)14-7-8/h1-5,7,13-15H,6H2,(H,16,17). The van der Waals surface area contributed by atoms with E-state index >= 15 is 0 Å². The van der Waals surface area contributed by atoms with Crippen molar-refractivity contribution in [1.29, 1.82) is 0 Å². The molecule has 5 heteroatoms. The van der Waals surface area contributed by atoms with Crippen LogP contribution in [0.5, 0.6) is 5.75 Å². The van der Waals surface area contributed by atoms with E-state index in [1.807, 2.05) is 0 Å². The Morgan fingerprint density at radius 1 is 1.29 bits per heavy atom. The summed E-state index contributed by atoms with van der Waals surface area (Å²) in [6, 6.07) is 8.25. The minimum absolute atomic E-state index is 0.174. The van der Waals surface area contributed by atoms with Crippen LogP contribution in [0, 0.1) is 0 Å². The molecular formula is C12H12N2O3. The normalized spacial score (nSPS) is 10.1. The quantitative estimate of drug-likeness (QED) is 0.607. The number of hydrogen-bond donors (Lipinski definition) is 4. The van der Waals surface area contributed by atoms with Crippen molar-refractivity contribution in [2.45, 2.75) is 6.54 Å². The van der Waals surface area contributed by atoms with Gasteiger partial charge in [0.1, 0.15) is 11.4 Å². The molecule has 0 bridgehead atoms. The smallest absolute Gasteiger partial charge is 0.352 e. The van der Waals surface area contributed by atoms with Gasteiger partial charge in [-0.2, -0.15) is 0 Å². The number of H-pyrrole nitrogens is 1. The third-order valence-corrected chi connectivity index (χ3v) is 2.34. The maximum absolute atomic E-state index is 10.6. The van der Waals surface area contributed by atoms with Crippen LogP contribution in [-0.4, -0.2) is 21.2 Å². The molecule has 2 aromatic rings. The summed E-state index contributed by atoms with van der Waals surface area (Å²) in [6.07, 6.45) is 1.65. The number of phenolic OH excluding ortho intramolecular Hbond substituents is 1. The first-order valence-electron chi connectivity index (χ1n) is 5.08. The van der Waals surface area contributed by atoms with Gasteiger partial charge in [0.15, 0.2) is 0 Å². The molecule has 0 unspecified atom stereocenters. The predicted molar refractivity (Wildman–Crippen MR) is 63.2 cm³/mol. The van der Waals surface area contributed by atoms with Crippen LogP contribution in [0.4, 0.5) is 5.69 Å². The Balaban J connectivity index is 1.97. The molecule has 1 aromatic heterocycles. The van der Waals surface area contributed by atoms with Gasteiger partial charge in [-0.1, -0.05) is 0 Å². The number of aromatic nitrogens is 1. The highest BCUT2D eigenvalue weighted by Crippen LogP contribution is 2.15. The molecule has 2 rings (SSSR count). The van der Waals surface area contributed by atoms with E-state index in [-0.39, 0.29) is 11.4 Å². The second kappa shape index (κ2) is 4.61. The van der Waals surface area contributed by atoms with E-state index in [0.717, 1.165) is 11.3 Å². The number of aromatic hydroxyl groups is 1. The number of hydrogen-bond acceptors (Lipinski definition) is 3. The summed E-state index contributed by atoms with van der Waals surface area (Å²) in [5.74, 6) is -0.758. The zero-order valence-electron chi connectivity index (χ0n) is 8.97. The predicted octanol–water partition coefficient (Wildman–Crippen LogP) is 2.03. The van der Waals surface area contributed by atoms with Crippen LogP contribution in [-0.2, 0) is 6.54 Å². The van der Waals surface area contributed by atoms with Crippen LogP contribution in [0.2, 0.25) is 0 Å². The fourth-order valence-corrected chi connectivity index (χ4v) is 1.45. The first-order chi connectivity index (χ1) is 8.15. The Hall–Kier alpha value is -2.43. The van der Waals surface area contributed by atoms with E-state index < -0.39 is 5.97 Å². The number of phenols is 1. The molecule has 1 aromatic carbocycles. The molecule has 0 aliphatic rings. The molecule has 0 atom stereocenters. The van der Waals surface area contributed by atoms with Crippen LogP contribution < -0.4 is 5.32 Å². The van der Waals surface area contributed by atoms with Gasteiger partial charge in [0.25, 0.3) is 0 Å². The zero-order chi connectivity index (χ0) is 12.3. The summed E-state index contributed by atoms with van der Waals surface area (Å²) in [5, 5.41) is 21.0. The number of aromatic amines is 1. The Labute approximate surface area is 97.7 Å². The summed E-state index contributed by atoms with van der Waals surface area (Å²) in [6.45, 7) is 0.522. The third kappa shape index (κ3) is 2.78. The molecule has 0 fully saturated rings. The highest BCUT2D eigenvalue weighted by atomic mass is 16.4. The fourth-order valence-electron chi connectivity index (χ4n) is 1.45. The zero-order valence-corrected chi connectivity index (χ0v) is 8.97. The number of aromatic carboxylic acids is 1. The molecule has 0 radical (unpaired) electrons. The molecule has 0 spiro atoms. The monoisotopic (exact) mass is 232 g/mol. The van der Waals surface area contributed by atoms with Crippen molar-refractivity contribution in [2.24, 2.45) is 0 Å². The number of carboxylic acid groups (broad SMARTS) is 1. The van der Waals surface area contributed by atoms with Crippen molar-refractivity contribution in [1.82, 2.24) is 4.98 Å². The fraction of sp³-hybridized carbons (Fsp3) is 0.0833. The second-order valence-electron chi connectivity index (χ2n) is 3.63. The highest BCUT2D eigenvalue weighted by molar-refractivity contribution is 5.85. The van der Waals surface area contributed by atoms with Crippen molar-refractivity contribution in [3.63, 3.8) is 0 Å². The second-order valence-corrected chi connectivity index (χ2v) is 3.63. The van der Waals surface area contributed by atoms with Crippen molar-refractivity contribution in [2.75, 3.05) is 5.32 Å².